The molecule has 0 amide bonds. The van der Waals surface area contributed by atoms with Gasteiger partial charge in [-0.1, -0.05) is 48.5 Å². The van der Waals surface area contributed by atoms with Gasteiger partial charge in [-0.3, -0.25) is 4.99 Å². The second-order valence-electron chi connectivity index (χ2n) is 7.94. The summed E-state index contributed by atoms with van der Waals surface area (Å²) in [5.74, 6) is 1.99. The highest BCUT2D eigenvalue weighted by atomic mass is 16.5. The lowest BCUT2D eigenvalue weighted by atomic mass is 9.75. The van der Waals surface area contributed by atoms with Crippen LogP contribution in [-0.4, -0.2) is 32.1 Å². The van der Waals surface area contributed by atoms with Crippen LogP contribution in [0.25, 0.3) is 0 Å². The molecule has 2 aromatic carbocycles. The van der Waals surface area contributed by atoms with Crippen LogP contribution >= 0.6 is 0 Å². The van der Waals surface area contributed by atoms with Crippen molar-refractivity contribution < 1.29 is 9.47 Å². The van der Waals surface area contributed by atoms with Crippen molar-refractivity contribution in [2.24, 2.45) is 10.9 Å². The predicted molar refractivity (Wildman–Crippen MR) is 112 cm³/mol. The molecule has 0 spiro atoms. The molecule has 0 radical (unpaired) electrons. The van der Waals surface area contributed by atoms with Crippen LogP contribution in [0.5, 0.6) is 5.75 Å². The summed E-state index contributed by atoms with van der Waals surface area (Å²) in [6.07, 6.45) is 5.16. The minimum absolute atomic E-state index is 0.0590. The van der Waals surface area contributed by atoms with Gasteiger partial charge in [0.05, 0.1) is 12.7 Å². The summed E-state index contributed by atoms with van der Waals surface area (Å²) >= 11 is 0. The molecule has 0 aliphatic carbocycles. The van der Waals surface area contributed by atoms with E-state index in [0.29, 0.717) is 11.8 Å². The summed E-state index contributed by atoms with van der Waals surface area (Å²) < 4.78 is 11.6. The fraction of sp³-hybridized carbons (Fsp3) is 0.458. The van der Waals surface area contributed by atoms with E-state index >= 15 is 0 Å². The van der Waals surface area contributed by atoms with E-state index in [2.05, 4.69) is 44.2 Å². The molecule has 3 rings (SSSR count). The summed E-state index contributed by atoms with van der Waals surface area (Å²) in [5.41, 5.74) is 2.40. The number of hydrogen-bond acceptors (Lipinski definition) is 3. The molecule has 3 heteroatoms. The van der Waals surface area contributed by atoms with Crippen LogP contribution in [0.2, 0.25) is 0 Å². The zero-order valence-corrected chi connectivity index (χ0v) is 16.7. The molecule has 1 saturated heterocycles. The average molecular weight is 366 g/mol. The highest BCUT2D eigenvalue weighted by Gasteiger charge is 2.34. The maximum Gasteiger partial charge on any atom is 0.122 e. The molecule has 1 aliphatic heterocycles. The first-order chi connectivity index (χ1) is 13.1. The predicted octanol–water partition coefficient (Wildman–Crippen LogP) is 5.49. The molecule has 2 atom stereocenters. The fourth-order valence-electron chi connectivity index (χ4n) is 4.16. The minimum Gasteiger partial charge on any atom is -0.496 e. The second kappa shape index (κ2) is 9.18. The van der Waals surface area contributed by atoms with Crippen LogP contribution in [0, 0.1) is 5.92 Å². The number of aliphatic imine (C=N–C) groups is 1. The topological polar surface area (TPSA) is 30.8 Å². The van der Waals surface area contributed by atoms with Gasteiger partial charge >= 0.3 is 0 Å². The average Bonchev–Trinajstić information content (AvgIpc) is 2.68. The number of hydrogen-bond donors (Lipinski definition) is 0. The number of rotatable bonds is 7. The molecule has 1 heterocycles. The Labute approximate surface area is 163 Å². The maximum atomic E-state index is 5.96. The number of nitrogens with zero attached hydrogens (tertiary/aromatic N) is 1. The SMILES string of the molecule is COc1ccccc1C(CCN=Cc1ccccc1)C1CCOC(C)(C)C1. The minimum atomic E-state index is -0.0590. The van der Waals surface area contributed by atoms with Crippen LogP contribution in [0.15, 0.2) is 59.6 Å². The third kappa shape index (κ3) is 5.43. The molecule has 144 valence electrons. The third-order valence-electron chi connectivity index (χ3n) is 5.45. The number of para-hydroxylation sites is 1. The Balaban J connectivity index is 1.76. The molecule has 0 aromatic heterocycles. The molecule has 0 N–H and O–H groups in total. The zero-order valence-electron chi connectivity index (χ0n) is 16.7. The Morgan fingerprint density at radius 1 is 1.15 bits per heavy atom. The summed E-state index contributed by atoms with van der Waals surface area (Å²) in [7, 11) is 1.76. The lowest BCUT2D eigenvalue weighted by Gasteiger charge is -2.39. The van der Waals surface area contributed by atoms with Crippen molar-refractivity contribution >= 4 is 6.21 Å². The molecule has 3 nitrogen and oxygen atoms in total. The van der Waals surface area contributed by atoms with E-state index in [1.54, 1.807) is 7.11 Å². The van der Waals surface area contributed by atoms with Crippen LogP contribution < -0.4 is 4.74 Å². The van der Waals surface area contributed by atoms with Gasteiger partial charge in [-0.15, -0.1) is 0 Å². The first kappa shape index (κ1) is 19.6. The van der Waals surface area contributed by atoms with Crippen LogP contribution in [0.3, 0.4) is 0 Å². The zero-order chi connectivity index (χ0) is 19.1. The van der Waals surface area contributed by atoms with Crippen molar-refractivity contribution in [1.29, 1.82) is 0 Å². The van der Waals surface area contributed by atoms with Gasteiger partial charge in [-0.25, -0.2) is 0 Å². The molecular formula is C24H31NO2. The van der Waals surface area contributed by atoms with E-state index in [4.69, 9.17) is 14.5 Å². The Kier molecular flexibility index (Phi) is 6.68. The Morgan fingerprint density at radius 2 is 1.89 bits per heavy atom. The van der Waals surface area contributed by atoms with Crippen molar-refractivity contribution in [2.75, 3.05) is 20.3 Å². The van der Waals surface area contributed by atoms with Crippen molar-refractivity contribution in [3.63, 3.8) is 0 Å². The van der Waals surface area contributed by atoms with Gasteiger partial charge in [0, 0.05) is 19.4 Å². The van der Waals surface area contributed by atoms with Gasteiger partial charge in [-0.2, -0.15) is 0 Å². The Hall–Kier alpha value is -2.13. The van der Waals surface area contributed by atoms with E-state index in [1.807, 2.05) is 30.5 Å². The molecule has 1 fully saturated rings. The van der Waals surface area contributed by atoms with E-state index in [1.165, 1.54) is 5.56 Å². The van der Waals surface area contributed by atoms with E-state index in [-0.39, 0.29) is 5.60 Å². The molecule has 0 bridgehead atoms. The summed E-state index contributed by atoms with van der Waals surface area (Å²) in [6, 6.07) is 18.7. The Bertz CT molecular complexity index is 739. The van der Waals surface area contributed by atoms with Gasteiger partial charge < -0.3 is 9.47 Å². The molecule has 2 aromatic rings. The highest BCUT2D eigenvalue weighted by Crippen LogP contribution is 2.42. The van der Waals surface area contributed by atoms with Crippen molar-refractivity contribution in [3.8, 4) is 5.75 Å². The number of benzene rings is 2. The van der Waals surface area contributed by atoms with Crippen molar-refractivity contribution in [3.05, 3.63) is 65.7 Å². The van der Waals surface area contributed by atoms with Crippen molar-refractivity contribution in [2.45, 2.75) is 44.6 Å². The summed E-state index contributed by atoms with van der Waals surface area (Å²) in [5, 5.41) is 0. The first-order valence-electron chi connectivity index (χ1n) is 9.91. The van der Waals surface area contributed by atoms with Gasteiger partial charge in [0.25, 0.3) is 0 Å². The number of methoxy groups -OCH3 is 1. The lowest BCUT2D eigenvalue weighted by molar-refractivity contribution is -0.0771. The first-order valence-corrected chi connectivity index (χ1v) is 9.91. The Morgan fingerprint density at radius 3 is 2.63 bits per heavy atom. The van der Waals surface area contributed by atoms with Gasteiger partial charge in [0.1, 0.15) is 5.75 Å². The van der Waals surface area contributed by atoms with Gasteiger partial charge in [0.15, 0.2) is 0 Å². The van der Waals surface area contributed by atoms with E-state index < -0.39 is 0 Å². The molecule has 0 saturated carbocycles. The quantitative estimate of drug-likeness (QED) is 0.607. The van der Waals surface area contributed by atoms with Crippen LogP contribution in [0.1, 0.15) is 50.2 Å². The third-order valence-corrected chi connectivity index (χ3v) is 5.45. The normalized spacial score (nSPS) is 20.5. The van der Waals surface area contributed by atoms with E-state index in [0.717, 1.165) is 43.7 Å². The summed E-state index contributed by atoms with van der Waals surface area (Å²) in [4.78, 5) is 4.70. The smallest absolute Gasteiger partial charge is 0.122 e. The monoisotopic (exact) mass is 365 g/mol. The van der Waals surface area contributed by atoms with Crippen LogP contribution in [-0.2, 0) is 4.74 Å². The second-order valence-corrected chi connectivity index (χ2v) is 7.94. The number of ether oxygens (including phenoxy) is 2. The van der Waals surface area contributed by atoms with Gasteiger partial charge in [-0.05, 0) is 62.1 Å². The maximum absolute atomic E-state index is 5.96. The molecular weight excluding hydrogens is 334 g/mol. The van der Waals surface area contributed by atoms with Crippen LogP contribution in [0.4, 0.5) is 0 Å². The molecule has 1 aliphatic rings. The molecule has 27 heavy (non-hydrogen) atoms. The highest BCUT2D eigenvalue weighted by molar-refractivity contribution is 5.79. The molecule has 2 unspecified atom stereocenters. The lowest BCUT2D eigenvalue weighted by Crippen LogP contribution is -2.36. The van der Waals surface area contributed by atoms with Crippen molar-refractivity contribution in [1.82, 2.24) is 0 Å². The summed E-state index contributed by atoms with van der Waals surface area (Å²) in [6.45, 7) is 6.05. The van der Waals surface area contributed by atoms with Gasteiger partial charge in [0.2, 0.25) is 0 Å². The standard InChI is InChI=1S/C24H31NO2/c1-24(2)17-20(14-16-27-24)21(22-11-7-8-12-23(22)26-3)13-15-25-18-19-9-5-4-6-10-19/h4-12,18,20-21H,13-17H2,1-3H3. The van der Waals surface area contributed by atoms with E-state index in [9.17, 15) is 0 Å². The fourth-order valence-corrected chi connectivity index (χ4v) is 4.16. The largest absolute Gasteiger partial charge is 0.496 e.